The number of amides is 1. The van der Waals surface area contributed by atoms with E-state index in [1.54, 1.807) is 6.08 Å². The minimum Gasteiger partial charge on any atom is -0.328 e. The summed E-state index contributed by atoms with van der Waals surface area (Å²) in [7, 11) is 0. The van der Waals surface area contributed by atoms with E-state index in [0.717, 1.165) is 22.6 Å². The first-order valence-corrected chi connectivity index (χ1v) is 8.08. The highest BCUT2D eigenvalue weighted by molar-refractivity contribution is 5.90. The van der Waals surface area contributed by atoms with Crippen molar-refractivity contribution in [2.24, 2.45) is 5.41 Å². The third-order valence-corrected chi connectivity index (χ3v) is 4.29. The van der Waals surface area contributed by atoms with Crippen molar-refractivity contribution in [1.82, 2.24) is 15.2 Å². The van der Waals surface area contributed by atoms with Gasteiger partial charge in [-0.2, -0.15) is 0 Å². The first-order valence-electron chi connectivity index (χ1n) is 8.08. The number of aromatic nitrogens is 1. The molecule has 1 aromatic heterocycles. The molecule has 0 spiro atoms. The summed E-state index contributed by atoms with van der Waals surface area (Å²) in [6.45, 7) is 12.8. The van der Waals surface area contributed by atoms with Crippen LogP contribution in [0.4, 0.5) is 0 Å². The van der Waals surface area contributed by atoms with Crippen LogP contribution < -0.4 is 5.32 Å². The van der Waals surface area contributed by atoms with Crippen LogP contribution in [0, 0.1) is 5.41 Å². The first-order chi connectivity index (χ1) is 10.6. The normalized spacial score (nSPS) is 20.6. The van der Waals surface area contributed by atoms with Crippen molar-refractivity contribution in [2.45, 2.75) is 53.1 Å². The molecule has 1 unspecified atom stereocenters. The van der Waals surface area contributed by atoms with E-state index in [-0.39, 0.29) is 22.9 Å². The Morgan fingerprint density at radius 2 is 1.78 bits per heavy atom. The monoisotopic (exact) mass is 311 g/mol. The highest BCUT2D eigenvalue weighted by Gasteiger charge is 2.36. The fourth-order valence-corrected chi connectivity index (χ4v) is 3.00. The molecule has 2 aliphatic rings. The summed E-state index contributed by atoms with van der Waals surface area (Å²) in [6.07, 6.45) is 5.59. The highest BCUT2D eigenvalue weighted by Crippen LogP contribution is 2.39. The molecule has 1 amide bonds. The number of allylic oxidation sites excluding steroid dienone is 1. The molecule has 0 fully saturated rings. The van der Waals surface area contributed by atoms with Gasteiger partial charge in [-0.25, -0.2) is 0 Å². The van der Waals surface area contributed by atoms with Crippen molar-refractivity contribution >= 4 is 12.0 Å². The maximum absolute atomic E-state index is 12.2. The third-order valence-electron chi connectivity index (χ3n) is 4.29. The van der Waals surface area contributed by atoms with E-state index >= 15 is 0 Å². The number of hydrogen-bond acceptors (Lipinski definition) is 3. The van der Waals surface area contributed by atoms with Gasteiger partial charge in [0.25, 0.3) is 0 Å². The molecule has 0 aliphatic carbocycles. The first kappa shape index (κ1) is 15.8. The molecule has 122 valence electrons. The summed E-state index contributed by atoms with van der Waals surface area (Å²) in [4.78, 5) is 19.1. The third kappa shape index (κ3) is 2.78. The summed E-state index contributed by atoms with van der Waals surface area (Å²) < 4.78 is 0. The minimum absolute atomic E-state index is 0.00624. The summed E-state index contributed by atoms with van der Waals surface area (Å²) in [6, 6.07) is 4.16. The molecule has 0 saturated heterocycles. The maximum Gasteiger partial charge on any atom is 0.247 e. The average molecular weight is 311 g/mol. The standard InChI is InChI=1S/C19H25N3O/c1-18(2,3)14-8-7-12-13(20-14)9-10-22-15(19(4,5)6)11-16(23)21-17(12)22/h7-11,17H,1-6H3,(H,21,23). The number of carbonyl (C=O) groups is 1. The van der Waals surface area contributed by atoms with Gasteiger partial charge in [0.15, 0.2) is 0 Å². The van der Waals surface area contributed by atoms with Gasteiger partial charge in [-0.05, 0) is 12.1 Å². The van der Waals surface area contributed by atoms with E-state index in [2.05, 4.69) is 63.9 Å². The predicted molar refractivity (Wildman–Crippen MR) is 92.2 cm³/mol. The molecule has 3 heterocycles. The van der Waals surface area contributed by atoms with Crippen LogP contribution in [0.25, 0.3) is 6.08 Å². The van der Waals surface area contributed by atoms with Crippen LogP contribution >= 0.6 is 0 Å². The Bertz CT molecular complexity index is 717. The van der Waals surface area contributed by atoms with E-state index in [0.29, 0.717) is 0 Å². The lowest BCUT2D eigenvalue weighted by molar-refractivity contribution is -0.119. The van der Waals surface area contributed by atoms with Crippen molar-refractivity contribution in [1.29, 1.82) is 0 Å². The number of fused-ring (bicyclic) bond motifs is 3. The molecule has 1 N–H and O–H groups in total. The van der Waals surface area contributed by atoms with Gasteiger partial charge in [0.2, 0.25) is 5.91 Å². The van der Waals surface area contributed by atoms with Gasteiger partial charge >= 0.3 is 0 Å². The zero-order valence-electron chi connectivity index (χ0n) is 14.8. The zero-order valence-corrected chi connectivity index (χ0v) is 14.8. The number of carbonyl (C=O) groups excluding carboxylic acids is 1. The van der Waals surface area contributed by atoms with Crippen molar-refractivity contribution in [3.8, 4) is 0 Å². The van der Waals surface area contributed by atoms with Gasteiger partial charge in [-0.3, -0.25) is 9.78 Å². The quantitative estimate of drug-likeness (QED) is 0.794. The topological polar surface area (TPSA) is 45.2 Å². The van der Waals surface area contributed by atoms with Crippen molar-refractivity contribution < 1.29 is 4.79 Å². The molecule has 4 nitrogen and oxygen atoms in total. The van der Waals surface area contributed by atoms with E-state index in [9.17, 15) is 4.79 Å². The van der Waals surface area contributed by atoms with Crippen LogP contribution in [0.2, 0.25) is 0 Å². The SMILES string of the molecule is CC(C)(C)C1=CC(=O)NC2c3ccc(C(C)(C)C)nc3C=CN12. The van der Waals surface area contributed by atoms with E-state index in [1.807, 2.05) is 12.3 Å². The van der Waals surface area contributed by atoms with Crippen LogP contribution in [0.3, 0.4) is 0 Å². The molecule has 1 atom stereocenters. The van der Waals surface area contributed by atoms with Gasteiger partial charge < -0.3 is 10.2 Å². The Labute approximate surface area is 138 Å². The van der Waals surface area contributed by atoms with Crippen LogP contribution in [0.5, 0.6) is 0 Å². The molecule has 0 radical (unpaired) electrons. The molecule has 4 heteroatoms. The second-order valence-electron chi connectivity index (χ2n) is 8.33. The van der Waals surface area contributed by atoms with Gasteiger partial charge in [0, 0.05) is 40.1 Å². The van der Waals surface area contributed by atoms with Crippen LogP contribution in [0.15, 0.2) is 30.1 Å². The van der Waals surface area contributed by atoms with Crippen molar-refractivity contribution in [2.75, 3.05) is 0 Å². The number of nitrogens with one attached hydrogen (secondary N) is 1. The lowest BCUT2D eigenvalue weighted by Gasteiger charge is -2.43. The largest absolute Gasteiger partial charge is 0.328 e. The molecular formula is C19H25N3O. The Morgan fingerprint density at radius 3 is 2.39 bits per heavy atom. The minimum atomic E-state index is -0.178. The fraction of sp³-hybridized carbons (Fsp3) is 0.474. The molecule has 2 aliphatic heterocycles. The summed E-state index contributed by atoms with van der Waals surface area (Å²) in [5, 5.41) is 3.05. The van der Waals surface area contributed by atoms with Crippen molar-refractivity contribution in [3.63, 3.8) is 0 Å². The highest BCUT2D eigenvalue weighted by atomic mass is 16.1. The van der Waals surface area contributed by atoms with Crippen molar-refractivity contribution in [3.05, 3.63) is 47.1 Å². The second-order valence-corrected chi connectivity index (χ2v) is 8.33. The molecular weight excluding hydrogens is 286 g/mol. The van der Waals surface area contributed by atoms with Gasteiger partial charge in [-0.1, -0.05) is 47.6 Å². The molecule has 0 saturated carbocycles. The average Bonchev–Trinajstić information content (AvgIpc) is 2.43. The number of nitrogens with zero attached hydrogens (tertiary/aromatic N) is 2. The smallest absolute Gasteiger partial charge is 0.247 e. The summed E-state index contributed by atoms with van der Waals surface area (Å²) >= 11 is 0. The van der Waals surface area contributed by atoms with Gasteiger partial charge in [-0.15, -0.1) is 0 Å². The predicted octanol–water partition coefficient (Wildman–Crippen LogP) is 3.72. The Hall–Kier alpha value is -2.10. The molecule has 23 heavy (non-hydrogen) atoms. The summed E-state index contributed by atoms with van der Waals surface area (Å²) in [5.74, 6) is -0.0441. The van der Waals surface area contributed by atoms with E-state index in [1.165, 1.54) is 0 Å². The Kier molecular flexibility index (Phi) is 3.40. The zero-order chi connectivity index (χ0) is 17.0. The maximum atomic E-state index is 12.2. The van der Waals surface area contributed by atoms with E-state index < -0.39 is 0 Å². The lowest BCUT2D eigenvalue weighted by Crippen LogP contribution is -2.46. The van der Waals surface area contributed by atoms with Crippen LogP contribution in [-0.4, -0.2) is 15.8 Å². The van der Waals surface area contributed by atoms with Crippen LogP contribution in [-0.2, 0) is 10.2 Å². The molecule has 0 bridgehead atoms. The Morgan fingerprint density at radius 1 is 1.09 bits per heavy atom. The molecule has 0 aromatic carbocycles. The van der Waals surface area contributed by atoms with Crippen LogP contribution in [0.1, 0.15) is 64.7 Å². The Balaban J connectivity index is 2.07. The number of pyridine rings is 1. The van der Waals surface area contributed by atoms with Gasteiger partial charge in [0.05, 0.1) is 5.69 Å². The number of rotatable bonds is 0. The number of hydrogen-bond donors (Lipinski definition) is 1. The molecule has 3 rings (SSSR count). The molecule has 1 aromatic rings. The second kappa shape index (κ2) is 4.95. The summed E-state index contributed by atoms with van der Waals surface area (Å²) in [5.41, 5.74) is 3.97. The van der Waals surface area contributed by atoms with Gasteiger partial charge in [0.1, 0.15) is 6.17 Å². The lowest BCUT2D eigenvalue weighted by atomic mass is 9.87. The fourth-order valence-electron chi connectivity index (χ4n) is 3.00. The van der Waals surface area contributed by atoms with E-state index in [4.69, 9.17) is 4.98 Å².